The van der Waals surface area contributed by atoms with Crippen LogP contribution in [0.3, 0.4) is 0 Å². The molecule has 0 aliphatic carbocycles. The van der Waals surface area contributed by atoms with Crippen LogP contribution < -0.4 is 0 Å². The average molecular weight is 274 g/mol. The summed E-state index contributed by atoms with van der Waals surface area (Å²) < 4.78 is 2.79. The Kier molecular flexibility index (Phi) is 2.95. The number of hydrogen-bond acceptors (Lipinski definition) is 4. The van der Waals surface area contributed by atoms with Gasteiger partial charge in [0, 0.05) is 4.88 Å². The fraction of sp³-hybridized carbons (Fsp3) is 0.250. The van der Waals surface area contributed by atoms with Crippen molar-refractivity contribution in [2.24, 2.45) is 0 Å². The van der Waals surface area contributed by atoms with Crippen LogP contribution in [-0.2, 0) is 13.2 Å². The van der Waals surface area contributed by atoms with Crippen molar-refractivity contribution < 1.29 is 5.11 Å². The highest BCUT2D eigenvalue weighted by Crippen LogP contribution is 2.22. The smallest absolute Gasteiger partial charge is 0.0866 e. The molecule has 74 valence electrons. The van der Waals surface area contributed by atoms with Crippen LogP contribution in [0.1, 0.15) is 10.6 Å². The van der Waals surface area contributed by atoms with E-state index in [1.165, 1.54) is 4.88 Å². The van der Waals surface area contributed by atoms with E-state index in [9.17, 15) is 0 Å². The zero-order valence-electron chi connectivity index (χ0n) is 7.22. The van der Waals surface area contributed by atoms with Crippen molar-refractivity contribution in [3.63, 3.8) is 0 Å². The summed E-state index contributed by atoms with van der Waals surface area (Å²) in [6.07, 6.45) is 1.57. The predicted octanol–water partition coefficient (Wildman–Crippen LogP) is 1.64. The Labute approximate surface area is 93.3 Å². The van der Waals surface area contributed by atoms with E-state index in [2.05, 4.69) is 26.2 Å². The molecule has 4 nitrogen and oxygen atoms in total. The van der Waals surface area contributed by atoms with Gasteiger partial charge >= 0.3 is 0 Å². The second-order valence-electron chi connectivity index (χ2n) is 2.75. The lowest BCUT2D eigenvalue weighted by atomic mass is 10.4. The van der Waals surface area contributed by atoms with E-state index in [-0.39, 0.29) is 6.61 Å². The van der Waals surface area contributed by atoms with Gasteiger partial charge in [-0.2, -0.15) is 0 Å². The van der Waals surface area contributed by atoms with Crippen LogP contribution in [0.15, 0.2) is 22.1 Å². The fourth-order valence-corrected chi connectivity index (χ4v) is 2.58. The molecule has 2 aromatic heterocycles. The molecule has 0 aromatic carbocycles. The van der Waals surface area contributed by atoms with Gasteiger partial charge in [-0.25, -0.2) is 4.68 Å². The zero-order valence-corrected chi connectivity index (χ0v) is 9.62. The molecule has 0 spiro atoms. The van der Waals surface area contributed by atoms with Crippen molar-refractivity contribution in [3.05, 3.63) is 32.7 Å². The number of halogens is 1. The molecular formula is C8H8BrN3OS. The monoisotopic (exact) mass is 273 g/mol. The Bertz CT molecular complexity index is 426. The van der Waals surface area contributed by atoms with Gasteiger partial charge in [-0.15, -0.1) is 16.4 Å². The molecule has 2 rings (SSSR count). The Hall–Kier alpha value is -0.720. The molecule has 0 bridgehead atoms. The minimum Gasteiger partial charge on any atom is -0.390 e. The maximum absolute atomic E-state index is 8.98. The highest BCUT2D eigenvalue weighted by atomic mass is 79.9. The first-order chi connectivity index (χ1) is 6.79. The molecule has 0 aliphatic heterocycles. The molecule has 0 saturated heterocycles. The third kappa shape index (κ3) is 2.02. The first-order valence-electron chi connectivity index (χ1n) is 4.02. The van der Waals surface area contributed by atoms with E-state index in [4.69, 9.17) is 5.11 Å². The largest absolute Gasteiger partial charge is 0.390 e. The molecule has 0 saturated carbocycles. The molecular weight excluding hydrogens is 266 g/mol. The van der Waals surface area contributed by atoms with Crippen LogP contribution in [0.25, 0.3) is 0 Å². The lowest BCUT2D eigenvalue weighted by Crippen LogP contribution is -2.05. The van der Waals surface area contributed by atoms with Crippen molar-refractivity contribution in [2.75, 3.05) is 0 Å². The summed E-state index contributed by atoms with van der Waals surface area (Å²) in [6.45, 7) is 0.631. The minimum atomic E-state index is -0.0282. The van der Waals surface area contributed by atoms with Crippen LogP contribution in [0.2, 0.25) is 0 Å². The highest BCUT2D eigenvalue weighted by molar-refractivity contribution is 9.11. The highest BCUT2D eigenvalue weighted by Gasteiger charge is 2.04. The van der Waals surface area contributed by atoms with Gasteiger partial charge in [0.15, 0.2) is 0 Å². The first kappa shape index (κ1) is 9.82. The maximum Gasteiger partial charge on any atom is 0.0866 e. The van der Waals surface area contributed by atoms with E-state index in [0.717, 1.165) is 9.48 Å². The van der Waals surface area contributed by atoms with Gasteiger partial charge in [-0.3, -0.25) is 0 Å². The number of aromatic nitrogens is 3. The van der Waals surface area contributed by atoms with E-state index >= 15 is 0 Å². The molecule has 6 heteroatoms. The summed E-state index contributed by atoms with van der Waals surface area (Å²) in [5.41, 5.74) is 0.731. The van der Waals surface area contributed by atoms with E-state index in [0.29, 0.717) is 6.54 Å². The molecule has 0 fully saturated rings. The van der Waals surface area contributed by atoms with Crippen LogP contribution >= 0.6 is 27.3 Å². The van der Waals surface area contributed by atoms with Crippen molar-refractivity contribution in [1.29, 1.82) is 0 Å². The third-order valence-electron chi connectivity index (χ3n) is 1.79. The summed E-state index contributed by atoms with van der Waals surface area (Å²) in [6, 6.07) is 4.02. The Morgan fingerprint density at radius 2 is 2.36 bits per heavy atom. The summed E-state index contributed by atoms with van der Waals surface area (Å²) >= 11 is 5.05. The minimum absolute atomic E-state index is 0.0282. The fourth-order valence-electron chi connectivity index (χ4n) is 1.12. The van der Waals surface area contributed by atoms with Gasteiger partial charge in [-0.05, 0) is 28.1 Å². The molecule has 0 amide bonds. The number of nitrogens with zero attached hydrogens (tertiary/aromatic N) is 3. The molecule has 2 aromatic rings. The maximum atomic E-state index is 8.98. The van der Waals surface area contributed by atoms with Gasteiger partial charge < -0.3 is 5.11 Å². The van der Waals surface area contributed by atoms with Crippen molar-refractivity contribution in [2.45, 2.75) is 13.2 Å². The predicted molar refractivity (Wildman–Crippen MR) is 57.1 cm³/mol. The Morgan fingerprint density at radius 1 is 1.50 bits per heavy atom. The van der Waals surface area contributed by atoms with Crippen molar-refractivity contribution >= 4 is 27.3 Å². The second kappa shape index (κ2) is 4.20. The molecule has 2 heterocycles. The molecule has 0 radical (unpaired) electrons. The van der Waals surface area contributed by atoms with E-state index in [1.54, 1.807) is 22.2 Å². The van der Waals surface area contributed by atoms with E-state index in [1.807, 2.05) is 12.1 Å². The molecule has 14 heavy (non-hydrogen) atoms. The molecule has 1 N–H and O–H groups in total. The molecule has 0 atom stereocenters. The third-order valence-corrected chi connectivity index (χ3v) is 3.40. The number of rotatable bonds is 3. The standard InChI is InChI=1S/C8H8BrN3OS/c9-8-2-1-7(14-8)4-12-6(5-13)3-10-11-12/h1-3,13H,4-5H2. The number of thiophene rings is 1. The zero-order chi connectivity index (χ0) is 9.97. The summed E-state index contributed by atoms with van der Waals surface area (Å²) in [5, 5.41) is 16.6. The summed E-state index contributed by atoms with van der Waals surface area (Å²) in [4.78, 5) is 1.18. The Morgan fingerprint density at radius 3 is 3.00 bits per heavy atom. The average Bonchev–Trinajstić information content (AvgIpc) is 2.76. The lowest BCUT2D eigenvalue weighted by molar-refractivity contribution is 0.269. The second-order valence-corrected chi connectivity index (χ2v) is 5.29. The SMILES string of the molecule is OCc1cnnn1Cc1ccc(Br)s1. The quantitative estimate of drug-likeness (QED) is 0.925. The topological polar surface area (TPSA) is 50.9 Å². The molecule has 0 aliphatic rings. The van der Waals surface area contributed by atoms with Crippen LogP contribution in [-0.4, -0.2) is 20.1 Å². The van der Waals surface area contributed by atoms with Crippen LogP contribution in [0, 0.1) is 0 Å². The Balaban J connectivity index is 2.18. The lowest BCUT2D eigenvalue weighted by Gasteiger charge is -2.00. The summed E-state index contributed by atoms with van der Waals surface area (Å²) in [7, 11) is 0. The van der Waals surface area contributed by atoms with Gasteiger partial charge in [-0.1, -0.05) is 5.21 Å². The molecule has 0 unspecified atom stereocenters. The number of aliphatic hydroxyl groups is 1. The van der Waals surface area contributed by atoms with Crippen molar-refractivity contribution in [1.82, 2.24) is 15.0 Å². The van der Waals surface area contributed by atoms with Gasteiger partial charge in [0.25, 0.3) is 0 Å². The number of hydrogen-bond donors (Lipinski definition) is 1. The number of aliphatic hydroxyl groups excluding tert-OH is 1. The van der Waals surface area contributed by atoms with Gasteiger partial charge in [0.2, 0.25) is 0 Å². The van der Waals surface area contributed by atoms with E-state index < -0.39 is 0 Å². The van der Waals surface area contributed by atoms with Crippen LogP contribution in [0.5, 0.6) is 0 Å². The van der Waals surface area contributed by atoms with Gasteiger partial charge in [0.1, 0.15) is 0 Å². The van der Waals surface area contributed by atoms with Gasteiger partial charge in [0.05, 0.1) is 28.8 Å². The normalized spacial score (nSPS) is 10.7. The summed E-state index contributed by atoms with van der Waals surface area (Å²) in [5.74, 6) is 0. The van der Waals surface area contributed by atoms with Crippen molar-refractivity contribution in [3.8, 4) is 0 Å². The first-order valence-corrected chi connectivity index (χ1v) is 5.63. The van der Waals surface area contributed by atoms with Crippen LogP contribution in [0.4, 0.5) is 0 Å².